The van der Waals surface area contributed by atoms with Crippen LogP contribution in [0.4, 0.5) is 4.79 Å². The van der Waals surface area contributed by atoms with E-state index < -0.39 is 0 Å². The van der Waals surface area contributed by atoms with Crippen molar-refractivity contribution < 1.29 is 14.3 Å². The molecule has 1 aliphatic rings. The van der Waals surface area contributed by atoms with Crippen molar-refractivity contribution in [1.29, 1.82) is 0 Å². The lowest BCUT2D eigenvalue weighted by molar-refractivity contribution is 0.0519. The maximum atomic E-state index is 13.0. The van der Waals surface area contributed by atoms with Gasteiger partial charge in [-0.05, 0) is 58.1 Å². The molecule has 2 rings (SSSR count). The second-order valence-corrected chi connectivity index (χ2v) is 7.63. The molecular formula is C21H35N3O3. The summed E-state index contributed by atoms with van der Waals surface area (Å²) in [6.07, 6.45) is 6.56. The number of nitrogens with zero attached hydrogens (tertiary/aromatic N) is 1. The molecule has 1 saturated carbocycles. The van der Waals surface area contributed by atoms with E-state index in [-0.39, 0.29) is 24.1 Å². The summed E-state index contributed by atoms with van der Waals surface area (Å²) < 4.78 is 5.15. The lowest BCUT2D eigenvalue weighted by Crippen LogP contribution is -2.48. The summed E-state index contributed by atoms with van der Waals surface area (Å²) >= 11 is 0. The molecule has 0 radical (unpaired) electrons. The molecule has 1 fully saturated rings. The molecule has 1 atom stereocenters. The van der Waals surface area contributed by atoms with Gasteiger partial charge in [-0.15, -0.1) is 0 Å². The Kier molecular flexibility index (Phi) is 7.75. The number of nitrogens with one attached hydrogen (secondary N) is 2. The van der Waals surface area contributed by atoms with Crippen LogP contribution in [0.3, 0.4) is 0 Å². The molecule has 0 saturated heterocycles. The van der Waals surface area contributed by atoms with Crippen molar-refractivity contribution in [1.82, 2.24) is 15.2 Å². The molecular weight excluding hydrogens is 342 g/mol. The van der Waals surface area contributed by atoms with Gasteiger partial charge in [0.15, 0.2) is 0 Å². The molecule has 0 unspecified atom stereocenters. The smallest absolute Gasteiger partial charge is 0.355 e. The van der Waals surface area contributed by atoms with Crippen molar-refractivity contribution >= 4 is 12.0 Å². The minimum absolute atomic E-state index is 0.00562. The molecule has 2 N–H and O–H groups in total. The Morgan fingerprint density at radius 3 is 2.48 bits per heavy atom. The van der Waals surface area contributed by atoms with Gasteiger partial charge in [-0.3, -0.25) is 0 Å². The van der Waals surface area contributed by atoms with Crippen LogP contribution in [0.1, 0.15) is 86.6 Å². The molecule has 152 valence electrons. The van der Waals surface area contributed by atoms with Gasteiger partial charge in [0.25, 0.3) is 0 Å². The first-order valence-corrected chi connectivity index (χ1v) is 10.3. The van der Waals surface area contributed by atoms with Crippen LogP contribution in [0, 0.1) is 13.8 Å². The van der Waals surface area contributed by atoms with Gasteiger partial charge in [-0.25, -0.2) is 9.59 Å². The third-order valence-electron chi connectivity index (χ3n) is 5.66. The van der Waals surface area contributed by atoms with E-state index in [0.717, 1.165) is 48.9 Å². The summed E-state index contributed by atoms with van der Waals surface area (Å²) in [5.74, 6) is -0.336. The Morgan fingerprint density at radius 2 is 1.89 bits per heavy atom. The first-order chi connectivity index (χ1) is 12.9. The van der Waals surface area contributed by atoms with Crippen molar-refractivity contribution in [3.05, 3.63) is 22.5 Å². The van der Waals surface area contributed by atoms with E-state index in [9.17, 15) is 9.59 Å². The number of hydrogen-bond acceptors (Lipinski definition) is 3. The predicted molar refractivity (Wildman–Crippen MR) is 107 cm³/mol. The van der Waals surface area contributed by atoms with Crippen molar-refractivity contribution in [2.45, 2.75) is 91.8 Å². The second-order valence-electron chi connectivity index (χ2n) is 7.63. The lowest BCUT2D eigenvalue weighted by atomic mass is 9.93. The summed E-state index contributed by atoms with van der Waals surface area (Å²) in [6, 6.07) is 0.392. The summed E-state index contributed by atoms with van der Waals surface area (Å²) in [7, 11) is 0. The monoisotopic (exact) mass is 377 g/mol. The number of rotatable bonds is 7. The Hall–Kier alpha value is -1.98. The molecule has 2 amide bonds. The van der Waals surface area contributed by atoms with Crippen LogP contribution in [0.5, 0.6) is 0 Å². The fraction of sp³-hybridized carbons (Fsp3) is 0.714. The zero-order valence-electron chi connectivity index (χ0n) is 17.5. The quantitative estimate of drug-likeness (QED) is 0.689. The van der Waals surface area contributed by atoms with E-state index >= 15 is 0 Å². The zero-order chi connectivity index (χ0) is 20.0. The van der Waals surface area contributed by atoms with Crippen molar-refractivity contribution in [2.75, 3.05) is 6.61 Å². The topological polar surface area (TPSA) is 74.4 Å². The van der Waals surface area contributed by atoms with E-state index in [1.165, 1.54) is 6.42 Å². The molecule has 0 bridgehead atoms. The highest BCUT2D eigenvalue weighted by Gasteiger charge is 2.28. The van der Waals surface area contributed by atoms with Crippen LogP contribution in [-0.2, 0) is 11.3 Å². The molecule has 1 aromatic rings. The number of esters is 1. The van der Waals surface area contributed by atoms with Gasteiger partial charge in [-0.2, -0.15) is 0 Å². The Morgan fingerprint density at radius 1 is 1.22 bits per heavy atom. The summed E-state index contributed by atoms with van der Waals surface area (Å²) in [5, 5.41) is 3.12. The lowest BCUT2D eigenvalue weighted by Gasteiger charge is -2.35. The maximum absolute atomic E-state index is 13.0. The minimum Gasteiger partial charge on any atom is -0.461 e. The van der Waals surface area contributed by atoms with Gasteiger partial charge in [0, 0.05) is 24.3 Å². The molecule has 6 nitrogen and oxygen atoms in total. The van der Waals surface area contributed by atoms with E-state index in [1.807, 2.05) is 25.7 Å². The molecule has 6 heteroatoms. The average Bonchev–Trinajstić information content (AvgIpc) is 2.94. The highest BCUT2D eigenvalue weighted by Crippen LogP contribution is 2.27. The Bertz CT molecular complexity index is 647. The average molecular weight is 378 g/mol. The van der Waals surface area contributed by atoms with Gasteiger partial charge in [0.1, 0.15) is 5.69 Å². The molecule has 1 aromatic heterocycles. The van der Waals surface area contributed by atoms with Gasteiger partial charge in [0.05, 0.1) is 6.61 Å². The third-order valence-corrected chi connectivity index (χ3v) is 5.66. The normalized spacial score (nSPS) is 16.0. The standard InChI is InChI=1S/C21H35N3O3/c1-6-14(3)22-21(26)24(17-11-9-8-10-12-17)13-18-15(4)19(23-16(18)5)20(25)27-7-2/h14,17,23H,6-13H2,1-5H3,(H,22,26)/t14-/m0/s1. The van der Waals surface area contributed by atoms with Gasteiger partial charge in [0.2, 0.25) is 0 Å². The van der Waals surface area contributed by atoms with E-state index in [4.69, 9.17) is 4.74 Å². The molecule has 0 spiro atoms. The number of carbonyl (C=O) groups excluding carboxylic acids is 2. The molecule has 1 aliphatic carbocycles. The van der Waals surface area contributed by atoms with Crippen LogP contribution in [-0.4, -0.2) is 40.6 Å². The first-order valence-electron chi connectivity index (χ1n) is 10.3. The van der Waals surface area contributed by atoms with E-state index in [2.05, 4.69) is 17.2 Å². The number of amides is 2. The SMILES string of the molecule is CCOC(=O)c1[nH]c(C)c(CN(C(=O)N[C@@H](C)CC)C2CCCCC2)c1C. The van der Waals surface area contributed by atoms with Crippen LogP contribution in [0.15, 0.2) is 0 Å². The highest BCUT2D eigenvalue weighted by atomic mass is 16.5. The number of aromatic nitrogens is 1. The number of urea groups is 1. The van der Waals surface area contributed by atoms with Crippen molar-refractivity contribution in [3.63, 3.8) is 0 Å². The maximum Gasteiger partial charge on any atom is 0.355 e. The second kappa shape index (κ2) is 9.81. The van der Waals surface area contributed by atoms with E-state index in [1.54, 1.807) is 6.92 Å². The minimum atomic E-state index is -0.336. The number of carbonyl (C=O) groups is 2. The summed E-state index contributed by atoms with van der Waals surface area (Å²) in [5.41, 5.74) is 3.31. The van der Waals surface area contributed by atoms with Crippen LogP contribution >= 0.6 is 0 Å². The van der Waals surface area contributed by atoms with Crippen LogP contribution in [0.2, 0.25) is 0 Å². The largest absolute Gasteiger partial charge is 0.461 e. The molecule has 1 heterocycles. The molecule has 0 aromatic carbocycles. The number of H-pyrrole nitrogens is 1. The van der Waals surface area contributed by atoms with Gasteiger partial charge < -0.3 is 19.9 Å². The fourth-order valence-electron chi connectivity index (χ4n) is 3.76. The number of aryl methyl sites for hydroxylation is 1. The Balaban J connectivity index is 2.26. The molecule has 27 heavy (non-hydrogen) atoms. The summed E-state index contributed by atoms with van der Waals surface area (Å²) in [6.45, 7) is 10.6. The van der Waals surface area contributed by atoms with Crippen LogP contribution < -0.4 is 5.32 Å². The highest BCUT2D eigenvalue weighted by molar-refractivity contribution is 5.89. The van der Waals surface area contributed by atoms with Crippen LogP contribution in [0.25, 0.3) is 0 Å². The van der Waals surface area contributed by atoms with E-state index in [0.29, 0.717) is 18.8 Å². The summed E-state index contributed by atoms with van der Waals surface area (Å²) in [4.78, 5) is 30.3. The number of hydrogen-bond donors (Lipinski definition) is 2. The number of aromatic amines is 1. The molecule has 0 aliphatic heterocycles. The zero-order valence-corrected chi connectivity index (χ0v) is 17.5. The number of ether oxygens (including phenoxy) is 1. The van der Waals surface area contributed by atoms with Crippen molar-refractivity contribution in [3.8, 4) is 0 Å². The fourth-order valence-corrected chi connectivity index (χ4v) is 3.76. The van der Waals surface area contributed by atoms with Crippen molar-refractivity contribution in [2.24, 2.45) is 0 Å². The third kappa shape index (κ3) is 5.27. The first kappa shape index (κ1) is 21.3. The predicted octanol–water partition coefficient (Wildman–Crippen LogP) is 4.45. The van der Waals surface area contributed by atoms with Gasteiger partial charge in [-0.1, -0.05) is 26.2 Å². The Labute approximate surface area is 163 Å². The van der Waals surface area contributed by atoms with Gasteiger partial charge >= 0.3 is 12.0 Å².